The van der Waals surface area contributed by atoms with Gasteiger partial charge in [-0.1, -0.05) is 4.98 Å². The number of rotatable bonds is 2. The molecule has 0 aliphatic carbocycles. The third-order valence-corrected chi connectivity index (χ3v) is 3.58. The van der Waals surface area contributed by atoms with Crippen molar-refractivity contribution in [2.75, 3.05) is 12.3 Å². The molecule has 6 N–H and O–H groups in total. The van der Waals surface area contributed by atoms with Crippen LogP contribution in [0.15, 0.2) is 11.1 Å². The van der Waals surface area contributed by atoms with Gasteiger partial charge >= 0.3 is 5.65 Å². The van der Waals surface area contributed by atoms with Gasteiger partial charge in [0.05, 0.1) is 13.7 Å². The molecule has 3 rings (SSSR count). The van der Waals surface area contributed by atoms with Crippen LogP contribution in [0.3, 0.4) is 0 Å². The first-order chi connectivity index (χ1) is 9.93. The number of fused-ring (bicyclic) bond motifs is 1. The SMILES string of the molecule is Cn1c[n+]([C@@H]2O[C@H](CO)[C@H](O)[C@H]2O)c2nc(N)[nH]c(=O)c21. The van der Waals surface area contributed by atoms with Crippen molar-refractivity contribution >= 4 is 17.1 Å². The molecule has 3 heterocycles. The lowest BCUT2D eigenvalue weighted by Gasteiger charge is -2.11. The third kappa shape index (κ3) is 2.00. The second-order valence-electron chi connectivity index (χ2n) is 4.99. The molecular formula is C11H16N5O5+. The highest BCUT2D eigenvalue weighted by Crippen LogP contribution is 2.26. The number of imidazole rings is 1. The molecule has 0 amide bonds. The minimum absolute atomic E-state index is 0.0702. The Morgan fingerprint density at radius 2 is 2.24 bits per heavy atom. The van der Waals surface area contributed by atoms with Crippen LogP contribution in [0.4, 0.5) is 5.95 Å². The van der Waals surface area contributed by atoms with E-state index in [1.807, 2.05) is 0 Å². The number of aromatic amines is 1. The lowest BCUT2D eigenvalue weighted by atomic mass is 10.1. The van der Waals surface area contributed by atoms with Crippen molar-refractivity contribution in [1.29, 1.82) is 0 Å². The molecule has 0 bridgehead atoms. The highest BCUT2D eigenvalue weighted by Gasteiger charge is 2.46. The average Bonchev–Trinajstić information content (AvgIpc) is 2.89. The summed E-state index contributed by atoms with van der Waals surface area (Å²) in [6.07, 6.45) is -2.88. The molecule has 0 unspecified atom stereocenters. The van der Waals surface area contributed by atoms with Gasteiger partial charge in [0.2, 0.25) is 11.7 Å². The second-order valence-corrected chi connectivity index (χ2v) is 4.99. The Morgan fingerprint density at radius 1 is 1.52 bits per heavy atom. The van der Waals surface area contributed by atoms with Crippen LogP contribution in [-0.2, 0) is 11.8 Å². The lowest BCUT2D eigenvalue weighted by Crippen LogP contribution is -2.46. The molecule has 0 saturated carbocycles. The molecule has 1 fully saturated rings. The molecule has 4 atom stereocenters. The predicted octanol–water partition coefficient (Wildman–Crippen LogP) is -3.26. The predicted molar refractivity (Wildman–Crippen MR) is 69.0 cm³/mol. The maximum absolute atomic E-state index is 11.9. The van der Waals surface area contributed by atoms with E-state index in [1.165, 1.54) is 15.5 Å². The number of hydrogen-bond acceptors (Lipinski definition) is 7. The number of aromatic nitrogens is 4. The molecule has 10 nitrogen and oxygen atoms in total. The van der Waals surface area contributed by atoms with Crippen LogP contribution in [0.25, 0.3) is 11.2 Å². The van der Waals surface area contributed by atoms with Crippen molar-refractivity contribution in [3.8, 4) is 0 Å². The van der Waals surface area contributed by atoms with Crippen molar-refractivity contribution in [3.63, 3.8) is 0 Å². The van der Waals surface area contributed by atoms with Gasteiger partial charge in [-0.25, -0.2) is 4.57 Å². The molecule has 0 spiro atoms. The van der Waals surface area contributed by atoms with Gasteiger partial charge in [-0.05, 0) is 0 Å². The first kappa shape index (κ1) is 13.9. The van der Waals surface area contributed by atoms with Crippen molar-refractivity contribution in [2.45, 2.75) is 24.5 Å². The Morgan fingerprint density at radius 3 is 2.86 bits per heavy atom. The number of hydrogen-bond donors (Lipinski definition) is 5. The van der Waals surface area contributed by atoms with E-state index < -0.39 is 36.7 Å². The van der Waals surface area contributed by atoms with Gasteiger partial charge in [0.15, 0.2) is 6.33 Å². The van der Waals surface area contributed by atoms with E-state index in [0.717, 1.165) is 0 Å². The summed E-state index contributed by atoms with van der Waals surface area (Å²) in [5.74, 6) is -0.0702. The van der Waals surface area contributed by atoms with E-state index in [2.05, 4.69) is 9.97 Å². The van der Waals surface area contributed by atoms with Crippen LogP contribution in [0, 0.1) is 0 Å². The third-order valence-electron chi connectivity index (χ3n) is 3.58. The van der Waals surface area contributed by atoms with E-state index in [4.69, 9.17) is 15.6 Å². The lowest BCUT2D eigenvalue weighted by molar-refractivity contribution is -0.745. The van der Waals surface area contributed by atoms with Gasteiger partial charge in [-0.2, -0.15) is 0 Å². The summed E-state index contributed by atoms with van der Waals surface area (Å²) in [7, 11) is 1.63. The zero-order chi connectivity index (χ0) is 15.3. The summed E-state index contributed by atoms with van der Waals surface area (Å²) >= 11 is 0. The molecule has 21 heavy (non-hydrogen) atoms. The highest BCUT2D eigenvalue weighted by molar-refractivity contribution is 5.67. The van der Waals surface area contributed by atoms with Crippen molar-refractivity contribution in [2.24, 2.45) is 7.05 Å². The van der Waals surface area contributed by atoms with Crippen LogP contribution in [-0.4, -0.2) is 54.8 Å². The molecule has 114 valence electrons. The number of nitrogens with two attached hydrogens (primary N) is 1. The van der Waals surface area contributed by atoms with Gasteiger partial charge in [0.1, 0.15) is 18.3 Å². The fourth-order valence-corrected chi connectivity index (χ4v) is 2.57. The van der Waals surface area contributed by atoms with Crippen molar-refractivity contribution in [1.82, 2.24) is 14.5 Å². The maximum atomic E-state index is 11.9. The normalized spacial score (nSPS) is 29.3. The first-order valence-electron chi connectivity index (χ1n) is 6.32. The number of anilines is 1. The fourth-order valence-electron chi connectivity index (χ4n) is 2.57. The Labute approximate surface area is 118 Å². The molecular weight excluding hydrogens is 282 g/mol. The topological polar surface area (TPSA) is 150 Å². The zero-order valence-corrected chi connectivity index (χ0v) is 11.2. The summed E-state index contributed by atoms with van der Waals surface area (Å²) in [5.41, 5.74) is 5.58. The number of ether oxygens (including phenoxy) is 1. The van der Waals surface area contributed by atoms with Crippen molar-refractivity contribution in [3.05, 3.63) is 16.7 Å². The Hall–Kier alpha value is -2.01. The quantitative estimate of drug-likeness (QED) is 0.365. The summed E-state index contributed by atoms with van der Waals surface area (Å²) in [6, 6.07) is 0. The Bertz CT molecular complexity index is 740. The molecule has 1 aliphatic rings. The number of nitrogens with one attached hydrogen (secondary N) is 1. The summed E-state index contributed by atoms with van der Waals surface area (Å²) in [5, 5.41) is 29.0. The molecule has 1 aliphatic heterocycles. The standard InChI is InChI=1S/C11H15N5O5/c1-15-3-16(8-5(15)9(20)14-11(12)13-8)10-7(19)6(18)4(2-17)21-10/h3-4,6-7,10,17-19H,2H2,1H3,(H2-,12,13,14,20)/p+1/t4-,6+,7-,10-/m1/s1. The summed E-state index contributed by atoms with van der Waals surface area (Å²) < 4.78 is 8.35. The Kier molecular flexibility index (Phi) is 3.17. The van der Waals surface area contributed by atoms with E-state index in [-0.39, 0.29) is 17.1 Å². The van der Waals surface area contributed by atoms with Crippen LogP contribution >= 0.6 is 0 Å². The molecule has 0 aromatic carbocycles. The van der Waals surface area contributed by atoms with Crippen molar-refractivity contribution < 1.29 is 24.6 Å². The van der Waals surface area contributed by atoms with E-state index in [0.29, 0.717) is 0 Å². The molecule has 0 radical (unpaired) electrons. The van der Waals surface area contributed by atoms with Gasteiger partial charge in [-0.3, -0.25) is 14.3 Å². The van der Waals surface area contributed by atoms with Crippen LogP contribution in [0.5, 0.6) is 0 Å². The average molecular weight is 298 g/mol. The molecule has 1 saturated heterocycles. The van der Waals surface area contributed by atoms with E-state index in [1.54, 1.807) is 7.05 Å². The number of aryl methyl sites for hydroxylation is 1. The number of H-pyrrole nitrogens is 1. The minimum atomic E-state index is -1.26. The van der Waals surface area contributed by atoms with Crippen LogP contribution in [0.2, 0.25) is 0 Å². The van der Waals surface area contributed by atoms with Gasteiger partial charge < -0.3 is 25.8 Å². The number of nitrogens with zero attached hydrogens (tertiary/aromatic N) is 3. The fraction of sp³-hybridized carbons (Fsp3) is 0.545. The minimum Gasteiger partial charge on any atom is -0.394 e. The second kappa shape index (κ2) is 4.77. The number of aliphatic hydroxyl groups excluding tert-OH is 3. The summed E-state index contributed by atoms with van der Waals surface area (Å²) in [4.78, 5) is 18.3. The van der Waals surface area contributed by atoms with Gasteiger partial charge in [0, 0.05) is 0 Å². The van der Waals surface area contributed by atoms with Gasteiger partial charge in [0.25, 0.3) is 11.5 Å². The maximum Gasteiger partial charge on any atom is 0.313 e. The van der Waals surface area contributed by atoms with Gasteiger partial charge in [-0.15, -0.1) is 0 Å². The van der Waals surface area contributed by atoms with E-state index >= 15 is 0 Å². The van der Waals surface area contributed by atoms with Crippen LogP contribution < -0.4 is 15.9 Å². The molecule has 2 aromatic heterocycles. The largest absolute Gasteiger partial charge is 0.394 e. The first-order valence-corrected chi connectivity index (χ1v) is 6.32. The van der Waals surface area contributed by atoms with Crippen LogP contribution in [0.1, 0.15) is 6.23 Å². The molecule has 10 heteroatoms. The monoisotopic (exact) mass is 298 g/mol. The zero-order valence-electron chi connectivity index (χ0n) is 11.2. The van der Waals surface area contributed by atoms with E-state index in [9.17, 15) is 15.0 Å². The summed E-state index contributed by atoms with van der Waals surface area (Å²) in [6.45, 7) is -0.434. The smallest absolute Gasteiger partial charge is 0.313 e. The number of aliphatic hydroxyl groups is 3. The number of nitrogen functional groups attached to an aromatic ring is 1. The molecule has 2 aromatic rings. The Balaban J connectivity index is 2.16. The highest BCUT2D eigenvalue weighted by atomic mass is 16.6.